The van der Waals surface area contributed by atoms with Gasteiger partial charge in [-0.1, -0.05) is 6.07 Å². The number of benzene rings is 1. The average Bonchev–Trinajstić information content (AvgIpc) is 2.85. The predicted molar refractivity (Wildman–Crippen MR) is 82.8 cm³/mol. The summed E-state index contributed by atoms with van der Waals surface area (Å²) >= 11 is 0. The molecule has 1 saturated heterocycles. The Morgan fingerprint density at radius 1 is 1.33 bits per heavy atom. The number of hydrogen-bond acceptors (Lipinski definition) is 5. The van der Waals surface area contributed by atoms with Gasteiger partial charge < -0.3 is 25.2 Å². The first-order valence-corrected chi connectivity index (χ1v) is 7.53. The van der Waals surface area contributed by atoms with E-state index < -0.39 is 0 Å². The molecule has 2 atom stereocenters. The van der Waals surface area contributed by atoms with Crippen molar-refractivity contribution in [2.45, 2.75) is 32.6 Å². The Morgan fingerprint density at radius 2 is 2.14 bits per heavy atom. The molecule has 0 saturated carbocycles. The van der Waals surface area contributed by atoms with Gasteiger partial charge in [0.15, 0.2) is 11.5 Å². The molecule has 1 aromatic rings. The molecule has 5 nitrogen and oxygen atoms in total. The second kappa shape index (κ2) is 7.64. The van der Waals surface area contributed by atoms with Crippen molar-refractivity contribution in [3.05, 3.63) is 23.8 Å². The first-order valence-electron chi connectivity index (χ1n) is 7.53. The van der Waals surface area contributed by atoms with Gasteiger partial charge in [-0.2, -0.15) is 0 Å². The van der Waals surface area contributed by atoms with Crippen molar-refractivity contribution < 1.29 is 14.6 Å². The van der Waals surface area contributed by atoms with Crippen LogP contribution in [0.4, 0.5) is 0 Å². The molecule has 0 amide bonds. The molecule has 1 aromatic carbocycles. The molecule has 3 N–H and O–H groups in total. The minimum Gasteiger partial charge on any atom is -0.493 e. The number of β-amino-alcohol motifs (C(OH)–C–C–N with tert-alkyl or cyclic N) is 1. The standard InChI is InChI=1S/C16H26N2O3/c1-11(2)21-15-5-4-12(6-16(15)20-3)7-17-8-13-9-18-10-14(13)19/h4-6,11,13-14,17-19H,7-10H2,1-3H3. The van der Waals surface area contributed by atoms with Gasteiger partial charge in [0.25, 0.3) is 0 Å². The van der Waals surface area contributed by atoms with Crippen molar-refractivity contribution in [2.75, 3.05) is 26.7 Å². The summed E-state index contributed by atoms with van der Waals surface area (Å²) in [6.07, 6.45) is -0.118. The summed E-state index contributed by atoms with van der Waals surface area (Å²) < 4.78 is 11.1. The molecule has 5 heteroatoms. The zero-order valence-electron chi connectivity index (χ0n) is 13.1. The molecule has 0 bridgehead atoms. The predicted octanol–water partition coefficient (Wildman–Crippen LogP) is 1.15. The number of ether oxygens (including phenoxy) is 2. The first-order chi connectivity index (χ1) is 10.1. The number of nitrogens with one attached hydrogen (secondary N) is 2. The van der Waals surface area contributed by atoms with Gasteiger partial charge in [0, 0.05) is 32.1 Å². The lowest BCUT2D eigenvalue weighted by Gasteiger charge is -2.16. The number of hydrogen-bond donors (Lipinski definition) is 3. The van der Waals surface area contributed by atoms with Gasteiger partial charge in [0.05, 0.1) is 19.3 Å². The Bertz CT molecular complexity index is 451. The van der Waals surface area contributed by atoms with E-state index in [1.165, 1.54) is 0 Å². The Labute approximate surface area is 126 Å². The van der Waals surface area contributed by atoms with Crippen LogP contribution in [-0.2, 0) is 6.54 Å². The summed E-state index contributed by atoms with van der Waals surface area (Å²) in [7, 11) is 1.65. The number of aliphatic hydroxyl groups excluding tert-OH is 1. The van der Waals surface area contributed by atoms with Crippen LogP contribution in [-0.4, -0.2) is 44.1 Å². The fourth-order valence-electron chi connectivity index (χ4n) is 2.50. The van der Waals surface area contributed by atoms with E-state index in [0.29, 0.717) is 6.54 Å². The molecule has 2 rings (SSSR count). The molecular formula is C16H26N2O3. The highest BCUT2D eigenvalue weighted by atomic mass is 16.5. The van der Waals surface area contributed by atoms with Gasteiger partial charge in [-0.25, -0.2) is 0 Å². The van der Waals surface area contributed by atoms with E-state index in [9.17, 15) is 5.11 Å². The van der Waals surface area contributed by atoms with Crippen LogP contribution in [0, 0.1) is 5.92 Å². The summed E-state index contributed by atoms with van der Waals surface area (Å²) in [5.74, 6) is 1.81. The second-order valence-corrected chi connectivity index (χ2v) is 5.77. The molecule has 1 heterocycles. The largest absolute Gasteiger partial charge is 0.493 e. The van der Waals surface area contributed by atoms with Crippen molar-refractivity contribution in [2.24, 2.45) is 5.92 Å². The van der Waals surface area contributed by atoms with E-state index in [4.69, 9.17) is 9.47 Å². The summed E-state index contributed by atoms with van der Waals surface area (Å²) in [4.78, 5) is 0. The maximum Gasteiger partial charge on any atom is 0.161 e. The van der Waals surface area contributed by atoms with Crippen LogP contribution in [0.15, 0.2) is 18.2 Å². The van der Waals surface area contributed by atoms with Crippen molar-refractivity contribution in [1.29, 1.82) is 0 Å². The summed E-state index contributed by atoms with van der Waals surface area (Å²) in [6.45, 7) is 7.12. The molecular weight excluding hydrogens is 268 g/mol. The van der Waals surface area contributed by atoms with Crippen LogP contribution in [0.2, 0.25) is 0 Å². The Kier molecular flexibility index (Phi) is 5.85. The van der Waals surface area contributed by atoms with Crippen LogP contribution < -0.4 is 20.1 Å². The maximum absolute atomic E-state index is 9.75. The fourth-order valence-corrected chi connectivity index (χ4v) is 2.50. The third-order valence-corrected chi connectivity index (χ3v) is 3.63. The molecule has 0 aromatic heterocycles. The highest BCUT2D eigenvalue weighted by Gasteiger charge is 2.24. The van der Waals surface area contributed by atoms with E-state index in [1.54, 1.807) is 7.11 Å². The lowest BCUT2D eigenvalue weighted by molar-refractivity contribution is 0.146. The number of methoxy groups -OCH3 is 1. The molecule has 0 spiro atoms. The van der Waals surface area contributed by atoms with E-state index in [2.05, 4.69) is 10.6 Å². The summed E-state index contributed by atoms with van der Waals surface area (Å²) in [6, 6.07) is 5.98. The molecule has 21 heavy (non-hydrogen) atoms. The first kappa shape index (κ1) is 16.1. The van der Waals surface area contributed by atoms with Gasteiger partial charge in [-0.05, 0) is 31.5 Å². The topological polar surface area (TPSA) is 62.8 Å². The SMILES string of the molecule is COc1cc(CNCC2CNCC2O)ccc1OC(C)C. The van der Waals surface area contributed by atoms with Crippen molar-refractivity contribution in [1.82, 2.24) is 10.6 Å². The van der Waals surface area contributed by atoms with Gasteiger partial charge in [-0.15, -0.1) is 0 Å². The van der Waals surface area contributed by atoms with E-state index >= 15 is 0 Å². The van der Waals surface area contributed by atoms with E-state index in [0.717, 1.165) is 36.7 Å². The van der Waals surface area contributed by atoms with Crippen LogP contribution in [0.5, 0.6) is 11.5 Å². The molecule has 118 valence electrons. The smallest absolute Gasteiger partial charge is 0.161 e. The Hall–Kier alpha value is -1.30. The van der Waals surface area contributed by atoms with Crippen LogP contribution in [0.25, 0.3) is 0 Å². The number of aliphatic hydroxyl groups is 1. The molecule has 1 aliphatic heterocycles. The van der Waals surface area contributed by atoms with Crippen LogP contribution in [0.1, 0.15) is 19.4 Å². The van der Waals surface area contributed by atoms with Crippen LogP contribution in [0.3, 0.4) is 0 Å². The monoisotopic (exact) mass is 294 g/mol. The van der Waals surface area contributed by atoms with Gasteiger partial charge in [-0.3, -0.25) is 0 Å². The second-order valence-electron chi connectivity index (χ2n) is 5.77. The molecule has 0 aliphatic carbocycles. The minimum absolute atomic E-state index is 0.124. The zero-order chi connectivity index (χ0) is 15.2. The molecule has 1 aliphatic rings. The average molecular weight is 294 g/mol. The highest BCUT2D eigenvalue weighted by Crippen LogP contribution is 2.28. The summed E-state index contributed by atoms with van der Waals surface area (Å²) in [5, 5.41) is 16.3. The van der Waals surface area contributed by atoms with Crippen molar-refractivity contribution in [3.8, 4) is 11.5 Å². The summed E-state index contributed by atoms with van der Waals surface area (Å²) in [5.41, 5.74) is 1.14. The third-order valence-electron chi connectivity index (χ3n) is 3.63. The van der Waals surface area contributed by atoms with Gasteiger partial charge in [0.2, 0.25) is 0 Å². The van der Waals surface area contributed by atoms with Crippen molar-refractivity contribution >= 4 is 0 Å². The van der Waals surface area contributed by atoms with Crippen LogP contribution >= 0.6 is 0 Å². The molecule has 0 radical (unpaired) electrons. The Morgan fingerprint density at radius 3 is 2.76 bits per heavy atom. The maximum atomic E-state index is 9.75. The molecule has 1 fully saturated rings. The third kappa shape index (κ3) is 4.59. The lowest BCUT2D eigenvalue weighted by Crippen LogP contribution is -2.30. The number of rotatable bonds is 7. The van der Waals surface area contributed by atoms with Gasteiger partial charge >= 0.3 is 0 Å². The fraction of sp³-hybridized carbons (Fsp3) is 0.625. The minimum atomic E-state index is -0.242. The van der Waals surface area contributed by atoms with Gasteiger partial charge in [0.1, 0.15) is 0 Å². The normalized spacial score (nSPS) is 21.8. The van der Waals surface area contributed by atoms with E-state index in [1.807, 2.05) is 32.0 Å². The van der Waals surface area contributed by atoms with E-state index in [-0.39, 0.29) is 18.1 Å². The quantitative estimate of drug-likeness (QED) is 0.704. The molecule has 2 unspecified atom stereocenters. The highest BCUT2D eigenvalue weighted by molar-refractivity contribution is 5.43. The zero-order valence-corrected chi connectivity index (χ0v) is 13.1. The Balaban J connectivity index is 1.88. The lowest BCUT2D eigenvalue weighted by atomic mass is 10.1. The van der Waals surface area contributed by atoms with Crippen molar-refractivity contribution in [3.63, 3.8) is 0 Å².